The lowest BCUT2D eigenvalue weighted by molar-refractivity contribution is 0.137. The summed E-state index contributed by atoms with van der Waals surface area (Å²) in [6.07, 6.45) is 1.62. The molecule has 1 aromatic rings. The van der Waals surface area contributed by atoms with Crippen molar-refractivity contribution >= 4 is 11.6 Å². The summed E-state index contributed by atoms with van der Waals surface area (Å²) in [7, 11) is 1.59. The minimum Gasteiger partial charge on any atom is -0.495 e. The van der Waals surface area contributed by atoms with Gasteiger partial charge in [0.1, 0.15) is 5.75 Å². The van der Waals surface area contributed by atoms with Crippen LogP contribution >= 0.6 is 11.6 Å². The van der Waals surface area contributed by atoms with Gasteiger partial charge in [-0.25, -0.2) is 0 Å². The van der Waals surface area contributed by atoms with Gasteiger partial charge < -0.3 is 15.2 Å². The van der Waals surface area contributed by atoms with Crippen LogP contribution in [-0.4, -0.2) is 24.8 Å². The first kappa shape index (κ1) is 12.7. The molecule has 0 saturated carbocycles. The maximum Gasteiger partial charge on any atom is 0.137 e. The summed E-state index contributed by atoms with van der Waals surface area (Å²) in [4.78, 5) is 0. The normalized spacial score (nSPS) is 21.5. The molecule has 0 spiro atoms. The largest absolute Gasteiger partial charge is 0.495 e. The van der Waals surface area contributed by atoms with E-state index in [0.29, 0.717) is 10.8 Å². The monoisotopic (exact) mass is 255 g/mol. The standard InChI is InChI=1S/C13H18ClNO2/c1-8-6-12(17-2)10(14)7-9(8)13(16)11-4-3-5-15-11/h6-7,11,13,15-16H,3-5H2,1-2H3. The fourth-order valence-corrected chi connectivity index (χ4v) is 2.59. The SMILES string of the molecule is COc1cc(C)c(C(O)C2CCCN2)cc1Cl. The Morgan fingerprint density at radius 1 is 1.53 bits per heavy atom. The van der Waals surface area contributed by atoms with E-state index < -0.39 is 6.10 Å². The Balaban J connectivity index is 2.28. The van der Waals surface area contributed by atoms with Gasteiger partial charge in [-0.1, -0.05) is 11.6 Å². The zero-order chi connectivity index (χ0) is 12.4. The summed E-state index contributed by atoms with van der Waals surface area (Å²) in [6.45, 7) is 2.94. The molecule has 2 rings (SSSR count). The summed E-state index contributed by atoms with van der Waals surface area (Å²) in [5, 5.41) is 14.2. The van der Waals surface area contributed by atoms with Crippen molar-refractivity contribution in [1.29, 1.82) is 0 Å². The van der Waals surface area contributed by atoms with E-state index in [9.17, 15) is 5.11 Å². The van der Waals surface area contributed by atoms with Gasteiger partial charge in [-0.2, -0.15) is 0 Å². The smallest absolute Gasteiger partial charge is 0.137 e. The van der Waals surface area contributed by atoms with E-state index in [4.69, 9.17) is 16.3 Å². The van der Waals surface area contributed by atoms with Crippen molar-refractivity contribution in [3.8, 4) is 5.75 Å². The molecule has 1 aliphatic heterocycles. The fraction of sp³-hybridized carbons (Fsp3) is 0.538. The number of aryl methyl sites for hydroxylation is 1. The van der Waals surface area contributed by atoms with Gasteiger partial charge in [-0.15, -0.1) is 0 Å². The van der Waals surface area contributed by atoms with Crippen LogP contribution in [0.3, 0.4) is 0 Å². The number of halogens is 1. The zero-order valence-electron chi connectivity index (χ0n) is 10.2. The average molecular weight is 256 g/mol. The summed E-state index contributed by atoms with van der Waals surface area (Å²) >= 11 is 6.10. The number of aliphatic hydroxyl groups is 1. The van der Waals surface area contributed by atoms with Gasteiger partial charge in [-0.3, -0.25) is 0 Å². The van der Waals surface area contributed by atoms with Crippen molar-refractivity contribution in [3.63, 3.8) is 0 Å². The Labute approximate surface area is 107 Å². The lowest BCUT2D eigenvalue weighted by Crippen LogP contribution is -2.29. The minimum atomic E-state index is -0.499. The Morgan fingerprint density at radius 3 is 2.88 bits per heavy atom. The minimum absolute atomic E-state index is 0.137. The zero-order valence-corrected chi connectivity index (χ0v) is 10.9. The Bertz CT molecular complexity index is 403. The van der Waals surface area contributed by atoms with Gasteiger partial charge in [0.05, 0.1) is 18.2 Å². The van der Waals surface area contributed by atoms with Gasteiger partial charge in [0.15, 0.2) is 0 Å². The first-order valence-corrected chi connectivity index (χ1v) is 6.26. The molecular formula is C13H18ClNO2. The summed E-state index contributed by atoms with van der Waals surface area (Å²) in [5.74, 6) is 0.652. The molecule has 2 atom stereocenters. The van der Waals surface area contributed by atoms with Crippen LogP contribution in [-0.2, 0) is 0 Å². The van der Waals surface area contributed by atoms with Crippen molar-refractivity contribution in [3.05, 3.63) is 28.3 Å². The Morgan fingerprint density at radius 2 is 2.29 bits per heavy atom. The van der Waals surface area contributed by atoms with E-state index in [2.05, 4.69) is 5.32 Å². The van der Waals surface area contributed by atoms with E-state index in [0.717, 1.165) is 30.5 Å². The van der Waals surface area contributed by atoms with Crippen molar-refractivity contribution in [1.82, 2.24) is 5.32 Å². The van der Waals surface area contributed by atoms with Crippen molar-refractivity contribution < 1.29 is 9.84 Å². The van der Waals surface area contributed by atoms with Crippen LogP contribution in [0.2, 0.25) is 5.02 Å². The highest BCUT2D eigenvalue weighted by molar-refractivity contribution is 6.32. The highest BCUT2D eigenvalue weighted by atomic mass is 35.5. The molecular weight excluding hydrogens is 238 g/mol. The average Bonchev–Trinajstić information content (AvgIpc) is 2.84. The highest BCUT2D eigenvalue weighted by Gasteiger charge is 2.25. The van der Waals surface area contributed by atoms with E-state index in [1.54, 1.807) is 13.2 Å². The molecule has 1 saturated heterocycles. The lowest BCUT2D eigenvalue weighted by atomic mass is 9.97. The predicted octanol–water partition coefficient (Wildman–Crippen LogP) is 2.44. The van der Waals surface area contributed by atoms with Gasteiger partial charge in [0, 0.05) is 6.04 Å². The molecule has 2 N–H and O–H groups in total. The number of ether oxygens (including phenoxy) is 1. The maximum absolute atomic E-state index is 10.3. The third-order valence-corrected chi connectivity index (χ3v) is 3.63. The Hall–Kier alpha value is -0.770. The van der Waals surface area contributed by atoms with Crippen LogP contribution in [0.5, 0.6) is 5.75 Å². The molecule has 3 nitrogen and oxygen atoms in total. The van der Waals surface area contributed by atoms with Crippen LogP contribution in [0.25, 0.3) is 0 Å². The van der Waals surface area contributed by atoms with Gasteiger partial charge >= 0.3 is 0 Å². The molecule has 2 unspecified atom stereocenters. The lowest BCUT2D eigenvalue weighted by Gasteiger charge is -2.21. The molecule has 0 aliphatic carbocycles. The second kappa shape index (κ2) is 5.25. The van der Waals surface area contributed by atoms with Gasteiger partial charge in [0.25, 0.3) is 0 Å². The summed E-state index contributed by atoms with van der Waals surface area (Å²) in [6, 6.07) is 3.81. The number of hydrogen-bond donors (Lipinski definition) is 2. The van der Waals surface area contributed by atoms with Gasteiger partial charge in [-0.05, 0) is 49.6 Å². The second-order valence-corrected chi connectivity index (χ2v) is 4.90. The summed E-state index contributed by atoms with van der Waals surface area (Å²) in [5.41, 5.74) is 1.89. The number of rotatable bonds is 3. The van der Waals surface area contributed by atoms with Crippen LogP contribution in [0.4, 0.5) is 0 Å². The molecule has 0 amide bonds. The van der Waals surface area contributed by atoms with Crippen molar-refractivity contribution in [2.24, 2.45) is 0 Å². The number of benzene rings is 1. The number of nitrogens with one attached hydrogen (secondary N) is 1. The number of hydrogen-bond acceptors (Lipinski definition) is 3. The molecule has 1 fully saturated rings. The van der Waals surface area contributed by atoms with Crippen molar-refractivity contribution in [2.45, 2.75) is 31.9 Å². The predicted molar refractivity (Wildman–Crippen MR) is 68.7 cm³/mol. The molecule has 94 valence electrons. The van der Waals surface area contributed by atoms with E-state index >= 15 is 0 Å². The van der Waals surface area contributed by atoms with Crippen LogP contribution in [0, 0.1) is 6.92 Å². The van der Waals surface area contributed by atoms with E-state index in [1.807, 2.05) is 13.0 Å². The molecule has 1 aromatic carbocycles. The maximum atomic E-state index is 10.3. The van der Waals surface area contributed by atoms with E-state index in [1.165, 1.54) is 0 Å². The van der Waals surface area contributed by atoms with Crippen LogP contribution < -0.4 is 10.1 Å². The molecule has 0 radical (unpaired) electrons. The van der Waals surface area contributed by atoms with Crippen LogP contribution in [0.1, 0.15) is 30.1 Å². The first-order chi connectivity index (χ1) is 8.13. The number of aliphatic hydroxyl groups excluding tert-OH is 1. The fourth-order valence-electron chi connectivity index (χ4n) is 2.34. The third kappa shape index (κ3) is 2.57. The second-order valence-electron chi connectivity index (χ2n) is 4.49. The first-order valence-electron chi connectivity index (χ1n) is 5.89. The molecule has 0 aromatic heterocycles. The molecule has 17 heavy (non-hydrogen) atoms. The molecule has 1 heterocycles. The topological polar surface area (TPSA) is 41.5 Å². The Kier molecular flexibility index (Phi) is 3.92. The third-order valence-electron chi connectivity index (χ3n) is 3.34. The van der Waals surface area contributed by atoms with Gasteiger partial charge in [0.2, 0.25) is 0 Å². The molecule has 1 aliphatic rings. The number of methoxy groups -OCH3 is 1. The van der Waals surface area contributed by atoms with E-state index in [-0.39, 0.29) is 6.04 Å². The highest BCUT2D eigenvalue weighted by Crippen LogP contribution is 2.33. The molecule has 4 heteroatoms. The quantitative estimate of drug-likeness (QED) is 0.872. The molecule has 0 bridgehead atoms. The van der Waals surface area contributed by atoms with Crippen molar-refractivity contribution in [2.75, 3.05) is 13.7 Å². The summed E-state index contributed by atoms with van der Waals surface area (Å²) < 4.78 is 5.16. The van der Waals surface area contributed by atoms with Crippen LogP contribution in [0.15, 0.2) is 12.1 Å².